The minimum absolute atomic E-state index is 0.167. The highest BCUT2D eigenvalue weighted by Crippen LogP contribution is 2.25. The fourth-order valence-corrected chi connectivity index (χ4v) is 4.49. The third-order valence-corrected chi connectivity index (χ3v) is 5.78. The predicted molar refractivity (Wildman–Crippen MR) is 99.5 cm³/mol. The van der Waals surface area contributed by atoms with Crippen molar-refractivity contribution in [3.05, 3.63) is 59.8 Å². The number of aryl methyl sites for hydroxylation is 1. The van der Waals surface area contributed by atoms with Crippen LogP contribution in [0.1, 0.15) is 18.1 Å². The topological polar surface area (TPSA) is 71.2 Å². The summed E-state index contributed by atoms with van der Waals surface area (Å²) in [4.78, 5) is 3.38. The molecule has 6 heteroatoms. The third-order valence-electron chi connectivity index (χ3n) is 4.17. The molecule has 0 aliphatic carbocycles. The van der Waals surface area contributed by atoms with Crippen molar-refractivity contribution in [2.75, 3.05) is 7.11 Å². The summed E-state index contributed by atoms with van der Waals surface area (Å²) < 4.78 is 33.5. The van der Waals surface area contributed by atoms with Crippen LogP contribution in [0.15, 0.2) is 53.6 Å². The van der Waals surface area contributed by atoms with E-state index in [1.807, 2.05) is 50.4 Å². The maximum atomic E-state index is 12.8. The second-order valence-corrected chi connectivity index (χ2v) is 7.92. The number of methoxy groups -OCH3 is 1. The van der Waals surface area contributed by atoms with E-state index in [4.69, 9.17) is 4.74 Å². The second kappa shape index (κ2) is 6.90. The molecule has 0 aliphatic rings. The smallest absolute Gasteiger partial charge is 0.244 e. The lowest BCUT2D eigenvalue weighted by molar-refractivity contribution is 0.402. The number of benzene rings is 2. The normalized spacial score (nSPS) is 13.1. The largest absolute Gasteiger partial charge is 0.495 e. The molecule has 0 aliphatic heterocycles. The molecule has 0 amide bonds. The van der Waals surface area contributed by atoms with Crippen LogP contribution in [0.5, 0.6) is 5.75 Å². The van der Waals surface area contributed by atoms with Crippen LogP contribution in [0, 0.1) is 6.92 Å². The SMILES string of the molecule is COc1ccc(C)cc1S(=O)(=O)NC(C)Cc1c[nH]c2ccccc12. The minimum atomic E-state index is -3.67. The third kappa shape index (κ3) is 3.70. The van der Waals surface area contributed by atoms with Crippen LogP contribution < -0.4 is 9.46 Å². The Bertz CT molecular complexity index is 993. The summed E-state index contributed by atoms with van der Waals surface area (Å²) in [6.45, 7) is 3.72. The van der Waals surface area contributed by atoms with Crippen molar-refractivity contribution >= 4 is 20.9 Å². The zero-order valence-electron chi connectivity index (χ0n) is 14.5. The lowest BCUT2D eigenvalue weighted by Crippen LogP contribution is -2.34. The number of hydrogen-bond acceptors (Lipinski definition) is 3. The van der Waals surface area contributed by atoms with Crippen LogP contribution in [0.2, 0.25) is 0 Å². The summed E-state index contributed by atoms with van der Waals surface area (Å²) in [5.74, 6) is 0.345. The molecular formula is C19H22N2O3S. The Kier molecular flexibility index (Phi) is 4.83. The maximum absolute atomic E-state index is 12.8. The number of H-pyrrole nitrogens is 1. The first-order valence-electron chi connectivity index (χ1n) is 8.12. The molecule has 1 atom stereocenters. The molecule has 1 unspecified atom stereocenters. The highest BCUT2D eigenvalue weighted by atomic mass is 32.2. The number of aromatic nitrogens is 1. The molecule has 0 bridgehead atoms. The standard InChI is InChI=1S/C19H22N2O3S/c1-13-8-9-18(24-3)19(10-13)25(22,23)21-14(2)11-15-12-20-17-7-5-4-6-16(15)17/h4-10,12,14,20-21H,11H2,1-3H3. The number of sulfonamides is 1. The number of aromatic amines is 1. The van der Waals surface area contributed by atoms with E-state index in [2.05, 4.69) is 9.71 Å². The van der Waals surface area contributed by atoms with Crippen molar-refractivity contribution in [3.63, 3.8) is 0 Å². The molecule has 5 nitrogen and oxygen atoms in total. The fraction of sp³-hybridized carbons (Fsp3) is 0.263. The van der Waals surface area contributed by atoms with Gasteiger partial charge in [-0.3, -0.25) is 0 Å². The van der Waals surface area contributed by atoms with E-state index in [9.17, 15) is 8.42 Å². The molecule has 1 aromatic heterocycles. The Balaban J connectivity index is 1.82. The number of para-hydroxylation sites is 1. The van der Waals surface area contributed by atoms with Gasteiger partial charge in [0.2, 0.25) is 10.0 Å². The van der Waals surface area contributed by atoms with Gasteiger partial charge in [-0.25, -0.2) is 13.1 Å². The molecule has 0 saturated carbocycles. The first-order chi connectivity index (χ1) is 11.9. The summed E-state index contributed by atoms with van der Waals surface area (Å²) >= 11 is 0. The van der Waals surface area contributed by atoms with E-state index in [1.54, 1.807) is 12.1 Å². The van der Waals surface area contributed by atoms with E-state index >= 15 is 0 Å². The molecule has 0 radical (unpaired) electrons. The van der Waals surface area contributed by atoms with Gasteiger partial charge in [-0.15, -0.1) is 0 Å². The number of rotatable bonds is 6. The van der Waals surface area contributed by atoms with Crippen LogP contribution in [-0.2, 0) is 16.4 Å². The highest BCUT2D eigenvalue weighted by molar-refractivity contribution is 7.89. The maximum Gasteiger partial charge on any atom is 0.244 e. The monoisotopic (exact) mass is 358 g/mol. The van der Waals surface area contributed by atoms with Gasteiger partial charge in [0, 0.05) is 23.1 Å². The van der Waals surface area contributed by atoms with E-state index in [0.29, 0.717) is 12.2 Å². The summed E-state index contributed by atoms with van der Waals surface area (Å²) in [6.07, 6.45) is 2.53. The lowest BCUT2D eigenvalue weighted by atomic mass is 10.1. The average Bonchev–Trinajstić information content (AvgIpc) is 2.97. The quantitative estimate of drug-likeness (QED) is 0.709. The van der Waals surface area contributed by atoms with Gasteiger partial charge in [0.1, 0.15) is 10.6 Å². The zero-order valence-corrected chi connectivity index (χ0v) is 15.4. The van der Waals surface area contributed by atoms with Crippen molar-refractivity contribution in [1.82, 2.24) is 9.71 Å². The second-order valence-electron chi connectivity index (χ2n) is 6.24. The van der Waals surface area contributed by atoms with Gasteiger partial charge in [0.15, 0.2) is 0 Å². The minimum Gasteiger partial charge on any atom is -0.495 e. The van der Waals surface area contributed by atoms with Crippen LogP contribution >= 0.6 is 0 Å². The van der Waals surface area contributed by atoms with Gasteiger partial charge < -0.3 is 9.72 Å². The van der Waals surface area contributed by atoms with Crippen molar-refractivity contribution in [2.24, 2.45) is 0 Å². The molecule has 0 fully saturated rings. The van der Waals surface area contributed by atoms with Crippen molar-refractivity contribution in [2.45, 2.75) is 31.2 Å². The molecule has 2 aromatic carbocycles. The van der Waals surface area contributed by atoms with Crippen molar-refractivity contribution < 1.29 is 13.2 Å². The Hall–Kier alpha value is -2.31. The molecule has 0 spiro atoms. The highest BCUT2D eigenvalue weighted by Gasteiger charge is 2.22. The first-order valence-corrected chi connectivity index (χ1v) is 9.61. The number of nitrogens with one attached hydrogen (secondary N) is 2. The number of fused-ring (bicyclic) bond motifs is 1. The van der Waals surface area contributed by atoms with E-state index < -0.39 is 10.0 Å². The Morgan fingerprint density at radius 3 is 2.72 bits per heavy atom. The molecule has 132 valence electrons. The molecule has 25 heavy (non-hydrogen) atoms. The number of hydrogen-bond donors (Lipinski definition) is 2. The summed E-state index contributed by atoms with van der Waals surface area (Å²) in [5.41, 5.74) is 3.00. The first kappa shape index (κ1) is 17.5. The van der Waals surface area contributed by atoms with Crippen LogP contribution in [0.25, 0.3) is 10.9 Å². The summed E-state index contributed by atoms with van der Waals surface area (Å²) in [6, 6.07) is 12.9. The summed E-state index contributed by atoms with van der Waals surface area (Å²) in [7, 11) is -2.20. The van der Waals surface area contributed by atoms with Gasteiger partial charge in [0.05, 0.1) is 7.11 Å². The van der Waals surface area contributed by atoms with Gasteiger partial charge in [-0.05, 0) is 49.6 Å². The fourth-order valence-electron chi connectivity index (χ4n) is 2.99. The zero-order chi connectivity index (χ0) is 18.0. The molecule has 3 aromatic rings. The summed E-state index contributed by atoms with van der Waals surface area (Å²) in [5, 5.41) is 1.11. The van der Waals surface area contributed by atoms with Crippen LogP contribution in [0.4, 0.5) is 0 Å². The van der Waals surface area contributed by atoms with Gasteiger partial charge in [0.25, 0.3) is 0 Å². The molecule has 0 saturated heterocycles. The predicted octanol–water partition coefficient (Wildman–Crippen LogP) is 3.39. The van der Waals surface area contributed by atoms with E-state index in [-0.39, 0.29) is 10.9 Å². The number of ether oxygens (including phenoxy) is 1. The van der Waals surface area contributed by atoms with Crippen molar-refractivity contribution in [3.8, 4) is 5.75 Å². The molecule has 1 heterocycles. The van der Waals surface area contributed by atoms with Gasteiger partial charge in [-0.1, -0.05) is 24.3 Å². The van der Waals surface area contributed by atoms with Gasteiger partial charge >= 0.3 is 0 Å². The Morgan fingerprint density at radius 1 is 1.20 bits per heavy atom. The lowest BCUT2D eigenvalue weighted by Gasteiger charge is -2.16. The van der Waals surface area contributed by atoms with Gasteiger partial charge in [-0.2, -0.15) is 0 Å². The average molecular weight is 358 g/mol. The van der Waals surface area contributed by atoms with Crippen LogP contribution in [-0.4, -0.2) is 26.6 Å². The Morgan fingerprint density at radius 2 is 1.96 bits per heavy atom. The van der Waals surface area contributed by atoms with Crippen molar-refractivity contribution in [1.29, 1.82) is 0 Å². The molecule has 2 N–H and O–H groups in total. The molecular weight excluding hydrogens is 336 g/mol. The van der Waals surface area contributed by atoms with Crippen LogP contribution in [0.3, 0.4) is 0 Å². The van der Waals surface area contributed by atoms with E-state index in [0.717, 1.165) is 22.0 Å². The molecule has 3 rings (SSSR count). The Labute approximate surface area is 148 Å². The van der Waals surface area contributed by atoms with E-state index in [1.165, 1.54) is 7.11 Å².